The average Bonchev–Trinajstić information content (AvgIpc) is 2.60. The molecule has 2 atom stereocenters. The molecule has 1 heterocycles. The second kappa shape index (κ2) is 3.10. The van der Waals surface area contributed by atoms with E-state index in [2.05, 4.69) is 26.0 Å². The predicted molar refractivity (Wildman–Crippen MR) is 58.2 cm³/mol. The predicted octanol–water partition coefficient (Wildman–Crippen LogP) is 2.83. The third-order valence-electron chi connectivity index (χ3n) is 3.11. The van der Waals surface area contributed by atoms with Crippen molar-refractivity contribution >= 4 is 11.3 Å². The molecule has 1 aromatic heterocycles. The van der Waals surface area contributed by atoms with E-state index in [0.717, 1.165) is 6.42 Å². The van der Waals surface area contributed by atoms with Crippen LogP contribution in [0.1, 0.15) is 35.9 Å². The molecule has 72 valence electrons. The van der Waals surface area contributed by atoms with Crippen molar-refractivity contribution in [2.45, 2.75) is 44.6 Å². The summed E-state index contributed by atoms with van der Waals surface area (Å²) in [6.07, 6.45) is 3.61. The highest BCUT2D eigenvalue weighted by Gasteiger charge is 2.35. The highest BCUT2D eigenvalue weighted by Crippen LogP contribution is 2.42. The monoisotopic (exact) mass is 195 g/mol. The van der Waals surface area contributed by atoms with Crippen molar-refractivity contribution < 1.29 is 0 Å². The van der Waals surface area contributed by atoms with Crippen molar-refractivity contribution in [3.05, 3.63) is 21.9 Å². The fraction of sp³-hybridized carbons (Fsp3) is 0.636. The van der Waals surface area contributed by atoms with Crippen LogP contribution in [0.2, 0.25) is 0 Å². The van der Waals surface area contributed by atoms with Gasteiger partial charge in [-0.1, -0.05) is 6.92 Å². The summed E-state index contributed by atoms with van der Waals surface area (Å²) < 4.78 is 0. The van der Waals surface area contributed by atoms with Crippen molar-refractivity contribution in [1.29, 1.82) is 0 Å². The van der Waals surface area contributed by atoms with Crippen molar-refractivity contribution in [1.82, 2.24) is 0 Å². The smallest absolute Gasteiger partial charge is 0.0108 e. The molecule has 0 aromatic carbocycles. The maximum Gasteiger partial charge on any atom is 0.0108 e. The number of hydrogen-bond donors (Lipinski definition) is 1. The molecule has 0 amide bonds. The second-order valence-corrected chi connectivity index (χ2v) is 5.76. The minimum Gasteiger partial charge on any atom is -0.328 e. The topological polar surface area (TPSA) is 26.0 Å². The zero-order valence-corrected chi connectivity index (χ0v) is 9.16. The van der Waals surface area contributed by atoms with Crippen molar-refractivity contribution in [3.8, 4) is 0 Å². The molecule has 2 heteroatoms. The van der Waals surface area contributed by atoms with Crippen LogP contribution in [0.15, 0.2) is 12.1 Å². The van der Waals surface area contributed by atoms with Gasteiger partial charge in [-0.15, -0.1) is 11.3 Å². The molecule has 0 aliphatic heterocycles. The zero-order chi connectivity index (χ0) is 9.47. The SMILES string of the molecule is Cc1ccc(C2(C)CCC(N)C2)s1. The highest BCUT2D eigenvalue weighted by atomic mass is 32.1. The summed E-state index contributed by atoms with van der Waals surface area (Å²) in [5.41, 5.74) is 6.33. The normalized spacial score (nSPS) is 33.9. The van der Waals surface area contributed by atoms with E-state index in [1.54, 1.807) is 0 Å². The molecule has 1 nitrogen and oxygen atoms in total. The number of thiophene rings is 1. The van der Waals surface area contributed by atoms with Crippen LogP contribution in [0.5, 0.6) is 0 Å². The molecular weight excluding hydrogens is 178 g/mol. The van der Waals surface area contributed by atoms with Crippen molar-refractivity contribution in [3.63, 3.8) is 0 Å². The van der Waals surface area contributed by atoms with Gasteiger partial charge < -0.3 is 5.73 Å². The van der Waals surface area contributed by atoms with E-state index in [1.165, 1.54) is 22.6 Å². The summed E-state index contributed by atoms with van der Waals surface area (Å²) in [6.45, 7) is 4.53. The maximum absolute atomic E-state index is 5.96. The summed E-state index contributed by atoms with van der Waals surface area (Å²) in [7, 11) is 0. The van der Waals surface area contributed by atoms with E-state index in [-0.39, 0.29) is 0 Å². The molecule has 2 unspecified atom stereocenters. The van der Waals surface area contributed by atoms with Crippen LogP contribution in [-0.2, 0) is 5.41 Å². The first kappa shape index (κ1) is 9.22. The van der Waals surface area contributed by atoms with Gasteiger partial charge in [-0.3, -0.25) is 0 Å². The Balaban J connectivity index is 2.25. The van der Waals surface area contributed by atoms with Crippen LogP contribution in [-0.4, -0.2) is 6.04 Å². The van der Waals surface area contributed by atoms with Gasteiger partial charge in [-0.25, -0.2) is 0 Å². The molecule has 0 spiro atoms. The van der Waals surface area contributed by atoms with Gasteiger partial charge in [0.2, 0.25) is 0 Å². The minimum absolute atomic E-state index is 0.373. The van der Waals surface area contributed by atoms with Gasteiger partial charge in [0.05, 0.1) is 0 Å². The molecule has 1 fully saturated rings. The number of aryl methyl sites for hydroxylation is 1. The van der Waals surface area contributed by atoms with Crippen LogP contribution in [0, 0.1) is 6.92 Å². The Morgan fingerprint density at radius 3 is 2.77 bits per heavy atom. The lowest BCUT2D eigenvalue weighted by Crippen LogP contribution is -2.21. The quantitative estimate of drug-likeness (QED) is 0.732. The lowest BCUT2D eigenvalue weighted by Gasteiger charge is -2.21. The van der Waals surface area contributed by atoms with E-state index in [4.69, 9.17) is 5.73 Å². The molecule has 13 heavy (non-hydrogen) atoms. The lowest BCUT2D eigenvalue weighted by molar-refractivity contribution is 0.492. The summed E-state index contributed by atoms with van der Waals surface area (Å²) in [5.74, 6) is 0. The van der Waals surface area contributed by atoms with Gasteiger partial charge in [0.1, 0.15) is 0 Å². The Morgan fingerprint density at radius 1 is 1.54 bits per heavy atom. The van der Waals surface area contributed by atoms with Gasteiger partial charge in [0, 0.05) is 21.2 Å². The number of nitrogens with two attached hydrogens (primary N) is 1. The van der Waals surface area contributed by atoms with E-state index >= 15 is 0 Å². The summed E-state index contributed by atoms with van der Waals surface area (Å²) >= 11 is 1.93. The Hall–Kier alpha value is -0.340. The molecule has 1 saturated carbocycles. The summed E-state index contributed by atoms with van der Waals surface area (Å²) in [6, 6.07) is 4.92. The van der Waals surface area contributed by atoms with Crippen LogP contribution >= 0.6 is 11.3 Å². The van der Waals surface area contributed by atoms with Gasteiger partial charge in [-0.2, -0.15) is 0 Å². The largest absolute Gasteiger partial charge is 0.328 e. The third kappa shape index (κ3) is 1.65. The fourth-order valence-electron chi connectivity index (χ4n) is 2.27. The van der Waals surface area contributed by atoms with E-state index in [1.807, 2.05) is 11.3 Å². The first-order valence-corrected chi connectivity index (χ1v) is 5.74. The molecule has 0 radical (unpaired) electrons. The van der Waals surface area contributed by atoms with E-state index in [9.17, 15) is 0 Å². The Morgan fingerprint density at radius 2 is 2.31 bits per heavy atom. The van der Waals surface area contributed by atoms with Crippen LogP contribution in [0.4, 0.5) is 0 Å². The first-order chi connectivity index (χ1) is 6.10. The Labute approximate surface area is 84.0 Å². The maximum atomic E-state index is 5.96. The molecule has 1 aliphatic carbocycles. The summed E-state index contributed by atoms with van der Waals surface area (Å²) in [5, 5.41) is 0. The third-order valence-corrected chi connectivity index (χ3v) is 4.42. The van der Waals surface area contributed by atoms with Gasteiger partial charge in [0.25, 0.3) is 0 Å². The molecule has 1 aliphatic rings. The van der Waals surface area contributed by atoms with Crippen molar-refractivity contribution in [2.24, 2.45) is 5.73 Å². The lowest BCUT2D eigenvalue weighted by atomic mass is 9.87. The zero-order valence-electron chi connectivity index (χ0n) is 8.34. The Kier molecular flexibility index (Phi) is 2.20. The molecule has 1 aromatic rings. The number of rotatable bonds is 1. The van der Waals surface area contributed by atoms with Crippen LogP contribution in [0.25, 0.3) is 0 Å². The molecular formula is C11H17NS. The van der Waals surface area contributed by atoms with Gasteiger partial charge in [-0.05, 0) is 38.3 Å². The summed E-state index contributed by atoms with van der Waals surface area (Å²) in [4.78, 5) is 2.94. The van der Waals surface area contributed by atoms with Gasteiger partial charge >= 0.3 is 0 Å². The van der Waals surface area contributed by atoms with Gasteiger partial charge in [0.15, 0.2) is 0 Å². The second-order valence-electron chi connectivity index (χ2n) is 4.47. The minimum atomic E-state index is 0.373. The highest BCUT2D eigenvalue weighted by molar-refractivity contribution is 7.12. The fourth-order valence-corrected chi connectivity index (χ4v) is 3.32. The Bertz CT molecular complexity index is 305. The average molecular weight is 195 g/mol. The molecule has 2 rings (SSSR count). The molecule has 2 N–H and O–H groups in total. The van der Waals surface area contributed by atoms with Crippen LogP contribution < -0.4 is 5.73 Å². The van der Waals surface area contributed by atoms with Crippen LogP contribution in [0.3, 0.4) is 0 Å². The van der Waals surface area contributed by atoms with Crippen molar-refractivity contribution in [2.75, 3.05) is 0 Å². The molecule has 0 bridgehead atoms. The van der Waals surface area contributed by atoms with E-state index < -0.39 is 0 Å². The first-order valence-electron chi connectivity index (χ1n) is 4.93. The number of hydrogen-bond acceptors (Lipinski definition) is 2. The van der Waals surface area contributed by atoms with E-state index in [0.29, 0.717) is 11.5 Å². The standard InChI is InChI=1S/C11H17NS/c1-8-3-4-10(13-8)11(2)6-5-9(12)7-11/h3-4,9H,5-7,12H2,1-2H3. The molecule has 0 saturated heterocycles.